The van der Waals surface area contributed by atoms with Crippen LogP contribution in [0.1, 0.15) is 0 Å². The van der Waals surface area contributed by atoms with Crippen LogP contribution in [0, 0.1) is 11.6 Å². The fourth-order valence-corrected chi connectivity index (χ4v) is 1.88. The van der Waals surface area contributed by atoms with E-state index < -0.39 is 23.6 Å². The van der Waals surface area contributed by atoms with E-state index >= 15 is 0 Å². The zero-order chi connectivity index (χ0) is 15.2. The molecule has 0 saturated carbocycles. The Bertz CT molecular complexity index is 698. The SMILES string of the molecule is Nc1cc(F)c(Nc2ccc3c(c2)OC(F)(F)O3)c(F)c1. The van der Waals surface area contributed by atoms with E-state index in [1.807, 2.05) is 0 Å². The van der Waals surface area contributed by atoms with Crippen LogP contribution in [0.5, 0.6) is 11.5 Å². The molecule has 0 fully saturated rings. The van der Waals surface area contributed by atoms with Crippen LogP contribution >= 0.6 is 0 Å². The quantitative estimate of drug-likeness (QED) is 0.657. The summed E-state index contributed by atoms with van der Waals surface area (Å²) in [7, 11) is 0. The van der Waals surface area contributed by atoms with Crippen LogP contribution in [-0.4, -0.2) is 6.29 Å². The smallest absolute Gasteiger partial charge is 0.399 e. The molecule has 3 rings (SSSR count). The summed E-state index contributed by atoms with van der Waals surface area (Å²) in [5.74, 6) is -2.21. The van der Waals surface area contributed by atoms with Gasteiger partial charge in [0, 0.05) is 17.4 Å². The second-order valence-electron chi connectivity index (χ2n) is 4.31. The third-order valence-corrected chi connectivity index (χ3v) is 2.74. The first-order valence-electron chi connectivity index (χ1n) is 5.75. The number of alkyl halides is 2. The van der Waals surface area contributed by atoms with Gasteiger partial charge in [-0.2, -0.15) is 0 Å². The van der Waals surface area contributed by atoms with Crippen LogP contribution < -0.4 is 20.5 Å². The summed E-state index contributed by atoms with van der Waals surface area (Å²) in [4.78, 5) is 0. The van der Waals surface area contributed by atoms with E-state index in [0.29, 0.717) is 0 Å². The Balaban J connectivity index is 1.91. The molecule has 1 heterocycles. The molecule has 4 nitrogen and oxygen atoms in total. The van der Waals surface area contributed by atoms with E-state index in [4.69, 9.17) is 5.73 Å². The predicted molar refractivity (Wildman–Crippen MR) is 66.7 cm³/mol. The summed E-state index contributed by atoms with van der Waals surface area (Å²) in [6.07, 6.45) is -3.75. The molecule has 0 spiro atoms. The predicted octanol–water partition coefficient (Wildman–Crippen LogP) is 3.61. The molecule has 0 aliphatic carbocycles. The van der Waals surface area contributed by atoms with E-state index in [0.717, 1.165) is 18.2 Å². The number of nitrogens with one attached hydrogen (secondary N) is 1. The molecule has 1 aliphatic heterocycles. The summed E-state index contributed by atoms with van der Waals surface area (Å²) < 4.78 is 61.5. The van der Waals surface area contributed by atoms with E-state index in [2.05, 4.69) is 14.8 Å². The Morgan fingerprint density at radius 1 is 0.952 bits per heavy atom. The third kappa shape index (κ3) is 2.51. The maximum Gasteiger partial charge on any atom is 0.586 e. The Kier molecular flexibility index (Phi) is 2.82. The second kappa shape index (κ2) is 4.44. The van der Waals surface area contributed by atoms with Crippen molar-refractivity contribution in [3.8, 4) is 11.5 Å². The topological polar surface area (TPSA) is 56.5 Å². The number of benzene rings is 2. The lowest BCUT2D eigenvalue weighted by molar-refractivity contribution is -0.286. The van der Waals surface area contributed by atoms with Crippen molar-refractivity contribution in [2.45, 2.75) is 6.29 Å². The number of halogens is 4. The summed E-state index contributed by atoms with van der Waals surface area (Å²) in [5, 5.41) is 2.44. The molecule has 1 aliphatic rings. The minimum atomic E-state index is -3.75. The van der Waals surface area contributed by atoms with Crippen molar-refractivity contribution >= 4 is 17.1 Å². The van der Waals surface area contributed by atoms with Crippen LogP contribution in [0.15, 0.2) is 30.3 Å². The van der Waals surface area contributed by atoms with Crippen molar-refractivity contribution in [2.75, 3.05) is 11.1 Å². The van der Waals surface area contributed by atoms with Crippen LogP contribution in [0.4, 0.5) is 34.6 Å². The Morgan fingerprint density at radius 2 is 1.57 bits per heavy atom. The van der Waals surface area contributed by atoms with Crippen molar-refractivity contribution in [1.82, 2.24) is 0 Å². The summed E-state index contributed by atoms with van der Waals surface area (Å²) in [6, 6.07) is 5.54. The highest BCUT2D eigenvalue weighted by Gasteiger charge is 2.43. The van der Waals surface area contributed by atoms with Gasteiger partial charge in [-0.05, 0) is 24.3 Å². The Hall–Kier alpha value is -2.64. The van der Waals surface area contributed by atoms with Gasteiger partial charge in [0.15, 0.2) is 23.1 Å². The largest absolute Gasteiger partial charge is 0.586 e. The van der Waals surface area contributed by atoms with Crippen molar-refractivity contribution in [1.29, 1.82) is 0 Å². The maximum absolute atomic E-state index is 13.6. The Labute approximate surface area is 116 Å². The van der Waals surface area contributed by atoms with Gasteiger partial charge in [0.05, 0.1) is 0 Å². The van der Waals surface area contributed by atoms with E-state index in [9.17, 15) is 17.6 Å². The molecule has 21 heavy (non-hydrogen) atoms. The molecule has 0 aromatic heterocycles. The summed E-state index contributed by atoms with van der Waals surface area (Å²) in [6.45, 7) is 0. The Morgan fingerprint density at radius 3 is 2.24 bits per heavy atom. The summed E-state index contributed by atoms with van der Waals surface area (Å²) in [5.41, 5.74) is 4.93. The zero-order valence-electron chi connectivity index (χ0n) is 10.3. The maximum atomic E-state index is 13.6. The van der Waals surface area contributed by atoms with Gasteiger partial charge in [-0.1, -0.05) is 0 Å². The molecule has 0 saturated heterocycles. The number of hydrogen-bond acceptors (Lipinski definition) is 4. The first-order chi connectivity index (χ1) is 9.84. The minimum absolute atomic E-state index is 0.0686. The lowest BCUT2D eigenvalue weighted by atomic mass is 10.2. The first kappa shape index (κ1) is 13.3. The minimum Gasteiger partial charge on any atom is -0.399 e. The molecule has 8 heteroatoms. The lowest BCUT2D eigenvalue weighted by Gasteiger charge is -2.10. The molecule has 110 valence electrons. The van der Waals surface area contributed by atoms with Gasteiger partial charge in [0.2, 0.25) is 0 Å². The molecule has 0 atom stereocenters. The van der Waals surface area contributed by atoms with Gasteiger partial charge in [-0.25, -0.2) is 8.78 Å². The highest BCUT2D eigenvalue weighted by atomic mass is 19.3. The van der Waals surface area contributed by atoms with Crippen LogP contribution in [0.3, 0.4) is 0 Å². The third-order valence-electron chi connectivity index (χ3n) is 2.74. The number of nitrogens with two attached hydrogens (primary N) is 1. The number of ether oxygens (including phenoxy) is 2. The van der Waals surface area contributed by atoms with Gasteiger partial charge < -0.3 is 20.5 Å². The van der Waals surface area contributed by atoms with Crippen molar-refractivity contribution < 1.29 is 27.0 Å². The fourth-order valence-electron chi connectivity index (χ4n) is 1.88. The van der Waals surface area contributed by atoms with Crippen LogP contribution in [0.2, 0.25) is 0 Å². The molecule has 0 unspecified atom stereocenters. The normalized spacial score (nSPS) is 15.0. The number of rotatable bonds is 2. The highest BCUT2D eigenvalue weighted by Crippen LogP contribution is 2.42. The van der Waals surface area contributed by atoms with Gasteiger partial charge >= 0.3 is 6.29 Å². The van der Waals surface area contributed by atoms with E-state index in [1.165, 1.54) is 12.1 Å². The van der Waals surface area contributed by atoms with Gasteiger partial charge in [0.1, 0.15) is 5.69 Å². The number of fused-ring (bicyclic) bond motifs is 1. The highest BCUT2D eigenvalue weighted by molar-refractivity contribution is 5.66. The van der Waals surface area contributed by atoms with Gasteiger partial charge in [-0.15, -0.1) is 8.78 Å². The van der Waals surface area contributed by atoms with E-state index in [-0.39, 0.29) is 22.9 Å². The average Bonchev–Trinajstić information content (AvgIpc) is 2.66. The average molecular weight is 300 g/mol. The molecular formula is C13H8F4N2O2. The molecule has 0 radical (unpaired) electrons. The van der Waals surface area contributed by atoms with Crippen molar-refractivity contribution in [2.24, 2.45) is 0 Å². The molecule has 0 amide bonds. The van der Waals surface area contributed by atoms with Crippen LogP contribution in [-0.2, 0) is 0 Å². The number of hydrogen-bond donors (Lipinski definition) is 2. The first-order valence-corrected chi connectivity index (χ1v) is 5.75. The van der Waals surface area contributed by atoms with Crippen molar-refractivity contribution in [3.05, 3.63) is 42.0 Å². The monoisotopic (exact) mass is 300 g/mol. The zero-order valence-corrected chi connectivity index (χ0v) is 10.3. The van der Waals surface area contributed by atoms with Gasteiger partial charge in [0.25, 0.3) is 0 Å². The van der Waals surface area contributed by atoms with Gasteiger partial charge in [-0.3, -0.25) is 0 Å². The molecule has 2 aromatic rings. The van der Waals surface area contributed by atoms with E-state index in [1.54, 1.807) is 0 Å². The summed E-state index contributed by atoms with van der Waals surface area (Å²) >= 11 is 0. The molecule has 2 aromatic carbocycles. The number of nitrogen functional groups attached to an aromatic ring is 1. The lowest BCUT2D eigenvalue weighted by Crippen LogP contribution is -2.25. The fraction of sp³-hybridized carbons (Fsp3) is 0.0769. The van der Waals surface area contributed by atoms with Crippen molar-refractivity contribution in [3.63, 3.8) is 0 Å². The molecule has 3 N–H and O–H groups in total. The van der Waals surface area contributed by atoms with Crippen LogP contribution in [0.25, 0.3) is 0 Å². The molecular weight excluding hydrogens is 292 g/mol. The molecule has 0 bridgehead atoms. The number of anilines is 3. The second-order valence-corrected chi connectivity index (χ2v) is 4.31. The standard InChI is InChI=1S/C13H8F4N2O2/c14-8-3-6(18)4-9(15)12(8)19-7-1-2-10-11(5-7)21-13(16,17)20-10/h1-5,19H,18H2.